The van der Waals surface area contributed by atoms with Crippen LogP contribution in [0, 0.1) is 11.8 Å². The number of amides is 2. The van der Waals surface area contributed by atoms with Crippen molar-refractivity contribution < 1.29 is 19.5 Å². The van der Waals surface area contributed by atoms with Crippen LogP contribution in [0.25, 0.3) is 12.2 Å². The first kappa shape index (κ1) is 25.3. The molecule has 6 rings (SSSR count). The van der Waals surface area contributed by atoms with Gasteiger partial charge in [0.1, 0.15) is 0 Å². The summed E-state index contributed by atoms with van der Waals surface area (Å²) < 4.78 is 0. The minimum Gasteiger partial charge on any atom is -0.480 e. The Morgan fingerprint density at radius 3 is 2.00 bits per heavy atom. The molecule has 6 nitrogen and oxygen atoms in total. The summed E-state index contributed by atoms with van der Waals surface area (Å²) in [5.41, 5.74) is 1.67. The van der Waals surface area contributed by atoms with Crippen LogP contribution in [-0.4, -0.2) is 33.8 Å². The third-order valence-electron chi connectivity index (χ3n) is 8.66. The lowest BCUT2D eigenvalue weighted by molar-refractivity contribution is -0.153. The lowest BCUT2D eigenvalue weighted by atomic mass is 9.75. The molecular formula is C33H32N2O4. The Hall–Kier alpha value is -4.03. The minimum absolute atomic E-state index is 0.155. The molecule has 0 aromatic heterocycles. The molecule has 1 saturated carbocycles. The fraction of sp³-hybridized carbons (Fsp3) is 0.303. The van der Waals surface area contributed by atoms with Gasteiger partial charge in [0.2, 0.25) is 11.8 Å². The first-order valence-electron chi connectivity index (χ1n) is 13.8. The van der Waals surface area contributed by atoms with Crippen LogP contribution in [0.3, 0.4) is 0 Å². The number of likely N-dealkylation sites (tertiary alicyclic amines) is 1. The van der Waals surface area contributed by atoms with Gasteiger partial charge in [-0.05, 0) is 35.1 Å². The number of fused-ring (bicyclic) bond motifs is 1. The molecule has 1 aliphatic carbocycles. The molecule has 0 bridgehead atoms. The molecule has 0 spiro atoms. The highest BCUT2D eigenvalue weighted by Gasteiger charge is 2.69. The molecule has 39 heavy (non-hydrogen) atoms. The van der Waals surface area contributed by atoms with Crippen LogP contribution in [0.1, 0.15) is 60.4 Å². The monoisotopic (exact) mass is 520 g/mol. The molecule has 0 radical (unpaired) electrons. The molecule has 4 unspecified atom stereocenters. The van der Waals surface area contributed by atoms with Crippen LogP contribution in [0.4, 0.5) is 0 Å². The van der Waals surface area contributed by atoms with Crippen LogP contribution < -0.4 is 5.32 Å². The molecule has 2 aliphatic heterocycles. The fourth-order valence-corrected chi connectivity index (χ4v) is 6.77. The van der Waals surface area contributed by atoms with Gasteiger partial charge in [0.05, 0.1) is 11.8 Å². The molecule has 3 aromatic rings. The van der Waals surface area contributed by atoms with Crippen molar-refractivity contribution in [3.05, 3.63) is 107 Å². The quantitative estimate of drug-likeness (QED) is 0.335. The van der Waals surface area contributed by atoms with E-state index in [4.69, 9.17) is 0 Å². The smallest absolute Gasteiger partial charge is 0.329 e. The summed E-state index contributed by atoms with van der Waals surface area (Å²) in [5.74, 6) is -3.56. The average Bonchev–Trinajstić information content (AvgIpc) is 3.48. The largest absolute Gasteiger partial charge is 0.480 e. The number of carboxylic acids is 1. The van der Waals surface area contributed by atoms with Crippen molar-refractivity contribution >= 4 is 29.9 Å². The van der Waals surface area contributed by atoms with Crippen molar-refractivity contribution in [3.8, 4) is 0 Å². The van der Waals surface area contributed by atoms with E-state index in [-0.39, 0.29) is 17.9 Å². The van der Waals surface area contributed by atoms with Crippen molar-refractivity contribution in [1.29, 1.82) is 0 Å². The molecule has 198 valence electrons. The summed E-state index contributed by atoms with van der Waals surface area (Å²) >= 11 is 0. The van der Waals surface area contributed by atoms with Gasteiger partial charge in [-0.15, -0.1) is 0 Å². The molecule has 2 saturated heterocycles. The highest BCUT2D eigenvalue weighted by molar-refractivity contribution is 6.10. The standard InChI is InChI=1S/C33H32N2O4/c36-30-27-28(31(37)35(30)26-14-8-3-9-15-26)33(32(38)39,25-12-6-2-7-13-25)34-29(27)24-20-18-23(19-21-24)17-16-22-10-4-1-5-11-22/h1-2,4-7,10-13,16-21,26-29,34H,3,8-9,14-15H2,(H,38,39). The zero-order valence-electron chi connectivity index (χ0n) is 21.7. The van der Waals surface area contributed by atoms with Gasteiger partial charge in [-0.25, -0.2) is 4.79 Å². The van der Waals surface area contributed by atoms with Gasteiger partial charge in [-0.1, -0.05) is 116 Å². The normalized spacial score (nSPS) is 27.3. The lowest BCUT2D eigenvalue weighted by Crippen LogP contribution is -2.54. The molecule has 3 fully saturated rings. The highest BCUT2D eigenvalue weighted by Crippen LogP contribution is 2.54. The Kier molecular flexibility index (Phi) is 6.65. The number of imide groups is 1. The van der Waals surface area contributed by atoms with E-state index in [2.05, 4.69) is 5.32 Å². The summed E-state index contributed by atoms with van der Waals surface area (Å²) in [5, 5.41) is 14.0. The topological polar surface area (TPSA) is 86.7 Å². The Morgan fingerprint density at radius 1 is 0.795 bits per heavy atom. The van der Waals surface area contributed by atoms with E-state index < -0.39 is 29.4 Å². The first-order chi connectivity index (χ1) is 19.0. The van der Waals surface area contributed by atoms with Gasteiger partial charge < -0.3 is 5.11 Å². The summed E-state index contributed by atoms with van der Waals surface area (Å²) in [4.78, 5) is 42.6. The van der Waals surface area contributed by atoms with E-state index in [9.17, 15) is 19.5 Å². The Morgan fingerprint density at radius 2 is 1.38 bits per heavy atom. The number of carbonyl (C=O) groups is 3. The summed E-state index contributed by atoms with van der Waals surface area (Å²) in [6, 6.07) is 25.9. The highest BCUT2D eigenvalue weighted by atomic mass is 16.4. The van der Waals surface area contributed by atoms with E-state index >= 15 is 0 Å². The number of aliphatic carboxylic acids is 1. The number of rotatable bonds is 6. The second-order valence-corrected chi connectivity index (χ2v) is 10.9. The Balaban J connectivity index is 1.39. The SMILES string of the molecule is O=C1C2C(c3ccc(C=Cc4ccccc4)cc3)NC(C(=O)O)(c3ccccc3)C2C(=O)N1C1CCCCC1. The van der Waals surface area contributed by atoms with Crippen molar-refractivity contribution in [2.45, 2.75) is 49.7 Å². The molecule has 2 amide bonds. The minimum atomic E-state index is -1.70. The maximum atomic E-state index is 14.0. The van der Waals surface area contributed by atoms with Crippen LogP contribution in [-0.2, 0) is 19.9 Å². The molecule has 2 heterocycles. The summed E-state index contributed by atoms with van der Waals surface area (Å²) in [7, 11) is 0. The zero-order chi connectivity index (χ0) is 27.0. The number of hydrogen-bond donors (Lipinski definition) is 2. The predicted octanol–water partition coefficient (Wildman–Crippen LogP) is 5.42. The molecule has 6 heteroatoms. The number of nitrogens with one attached hydrogen (secondary N) is 1. The number of carbonyl (C=O) groups excluding carboxylic acids is 2. The number of carboxylic acid groups (broad SMARTS) is 1. The van der Waals surface area contributed by atoms with Crippen LogP contribution >= 0.6 is 0 Å². The predicted molar refractivity (Wildman–Crippen MR) is 149 cm³/mol. The van der Waals surface area contributed by atoms with Crippen LogP contribution in [0.2, 0.25) is 0 Å². The Labute approximate surface area is 228 Å². The van der Waals surface area contributed by atoms with Gasteiger partial charge in [0, 0.05) is 12.1 Å². The molecule has 3 aromatic carbocycles. The molecule has 4 atom stereocenters. The second kappa shape index (κ2) is 10.3. The third kappa shape index (κ3) is 4.29. The number of benzene rings is 3. The average molecular weight is 521 g/mol. The fourth-order valence-electron chi connectivity index (χ4n) is 6.77. The number of nitrogens with zero attached hydrogens (tertiary/aromatic N) is 1. The van der Waals surface area contributed by atoms with E-state index in [1.165, 1.54) is 4.90 Å². The van der Waals surface area contributed by atoms with Gasteiger partial charge in [0.15, 0.2) is 5.54 Å². The maximum absolute atomic E-state index is 14.0. The van der Waals surface area contributed by atoms with Crippen molar-refractivity contribution in [2.75, 3.05) is 0 Å². The van der Waals surface area contributed by atoms with Gasteiger partial charge in [-0.2, -0.15) is 0 Å². The summed E-state index contributed by atoms with van der Waals surface area (Å²) in [6.45, 7) is 0. The first-order valence-corrected chi connectivity index (χ1v) is 13.8. The van der Waals surface area contributed by atoms with Crippen LogP contribution in [0.15, 0.2) is 84.9 Å². The van der Waals surface area contributed by atoms with Crippen molar-refractivity contribution in [3.63, 3.8) is 0 Å². The van der Waals surface area contributed by atoms with Gasteiger partial charge >= 0.3 is 5.97 Å². The van der Waals surface area contributed by atoms with Crippen molar-refractivity contribution in [1.82, 2.24) is 10.2 Å². The number of hydrogen-bond acceptors (Lipinski definition) is 4. The van der Waals surface area contributed by atoms with Gasteiger partial charge in [-0.3, -0.25) is 19.8 Å². The molecular weight excluding hydrogens is 488 g/mol. The van der Waals surface area contributed by atoms with Crippen molar-refractivity contribution in [2.24, 2.45) is 11.8 Å². The van der Waals surface area contributed by atoms with E-state index in [1.807, 2.05) is 72.8 Å². The van der Waals surface area contributed by atoms with Crippen LogP contribution in [0.5, 0.6) is 0 Å². The van der Waals surface area contributed by atoms with E-state index in [1.54, 1.807) is 24.3 Å². The Bertz CT molecular complexity index is 1400. The molecule has 3 aliphatic rings. The van der Waals surface area contributed by atoms with E-state index in [0.29, 0.717) is 5.56 Å². The van der Waals surface area contributed by atoms with Gasteiger partial charge in [0.25, 0.3) is 0 Å². The third-order valence-corrected chi connectivity index (χ3v) is 8.66. The zero-order valence-corrected chi connectivity index (χ0v) is 21.7. The molecule has 2 N–H and O–H groups in total. The maximum Gasteiger partial charge on any atom is 0.329 e. The lowest BCUT2D eigenvalue weighted by Gasteiger charge is -2.34. The summed E-state index contributed by atoms with van der Waals surface area (Å²) in [6.07, 6.45) is 8.65. The van der Waals surface area contributed by atoms with E-state index in [0.717, 1.165) is 48.8 Å². The second-order valence-electron chi connectivity index (χ2n) is 10.9.